The Balaban J connectivity index is 1.81. The average molecular weight is 297 g/mol. The fraction of sp³-hybridized carbons (Fsp3) is 0.444. The van der Waals surface area contributed by atoms with Gasteiger partial charge in [-0.1, -0.05) is 30.9 Å². The first-order chi connectivity index (χ1) is 10.6. The predicted molar refractivity (Wildman–Crippen MR) is 84.0 cm³/mol. The second kappa shape index (κ2) is 4.97. The highest BCUT2D eigenvalue weighted by Gasteiger charge is 2.37. The number of carbonyl (C=O) groups excluding carboxylic acids is 1. The minimum absolute atomic E-state index is 0.0494. The van der Waals surface area contributed by atoms with Crippen LogP contribution in [0.15, 0.2) is 27.4 Å². The number of nitrogens with zero attached hydrogens (tertiary/aromatic N) is 1. The van der Waals surface area contributed by atoms with Crippen molar-refractivity contribution in [1.82, 2.24) is 4.90 Å². The maximum absolute atomic E-state index is 12.7. The molecule has 22 heavy (non-hydrogen) atoms. The van der Waals surface area contributed by atoms with E-state index in [9.17, 15) is 9.59 Å². The number of fused-ring (bicyclic) bond motifs is 2. The van der Waals surface area contributed by atoms with Crippen LogP contribution in [0.4, 0.5) is 0 Å². The Kier molecular flexibility index (Phi) is 3.06. The van der Waals surface area contributed by atoms with E-state index < -0.39 is 0 Å². The van der Waals surface area contributed by atoms with Crippen LogP contribution in [0.25, 0.3) is 11.0 Å². The molecule has 4 heteroatoms. The molecule has 4 rings (SSSR count). The summed E-state index contributed by atoms with van der Waals surface area (Å²) in [6, 6.07) is 5.78. The van der Waals surface area contributed by atoms with Gasteiger partial charge in [-0.15, -0.1) is 0 Å². The molecule has 1 aromatic heterocycles. The minimum atomic E-state index is -0.110. The van der Waals surface area contributed by atoms with Crippen molar-refractivity contribution < 1.29 is 9.21 Å². The van der Waals surface area contributed by atoms with Gasteiger partial charge in [0.25, 0.3) is 5.91 Å². The first-order valence-electron chi connectivity index (χ1n) is 8.02. The van der Waals surface area contributed by atoms with Crippen LogP contribution in [0.5, 0.6) is 0 Å². The summed E-state index contributed by atoms with van der Waals surface area (Å²) in [6.45, 7) is 2.36. The molecule has 1 fully saturated rings. The maximum atomic E-state index is 12.7. The van der Waals surface area contributed by atoms with E-state index in [1.54, 1.807) is 6.07 Å². The molecule has 0 unspecified atom stereocenters. The predicted octanol–water partition coefficient (Wildman–Crippen LogP) is 3.39. The average Bonchev–Trinajstić information content (AvgIpc) is 2.87. The van der Waals surface area contributed by atoms with E-state index in [4.69, 9.17) is 4.42 Å². The lowest BCUT2D eigenvalue weighted by Crippen LogP contribution is -2.37. The summed E-state index contributed by atoms with van der Waals surface area (Å²) in [7, 11) is 0. The van der Waals surface area contributed by atoms with Crippen molar-refractivity contribution in [3.63, 3.8) is 0 Å². The smallest absolute Gasteiger partial charge is 0.290 e. The zero-order valence-electron chi connectivity index (χ0n) is 12.7. The lowest BCUT2D eigenvalue weighted by Gasteiger charge is -2.30. The second-order valence-corrected chi connectivity index (χ2v) is 6.46. The number of benzene rings is 1. The van der Waals surface area contributed by atoms with Crippen molar-refractivity contribution in [2.45, 2.75) is 51.6 Å². The van der Waals surface area contributed by atoms with Crippen LogP contribution in [-0.4, -0.2) is 16.8 Å². The maximum Gasteiger partial charge on any atom is 0.290 e. The largest absolute Gasteiger partial charge is 0.450 e. The number of hydrogen-bond donors (Lipinski definition) is 0. The molecule has 0 N–H and O–H groups in total. The Morgan fingerprint density at radius 1 is 1.14 bits per heavy atom. The number of rotatable bonds is 1. The van der Waals surface area contributed by atoms with Crippen molar-refractivity contribution in [3.05, 3.63) is 45.3 Å². The highest BCUT2D eigenvalue weighted by molar-refractivity contribution is 5.97. The fourth-order valence-electron chi connectivity index (χ4n) is 3.72. The van der Waals surface area contributed by atoms with E-state index >= 15 is 0 Å². The molecule has 0 spiro atoms. The van der Waals surface area contributed by atoms with Gasteiger partial charge < -0.3 is 9.32 Å². The van der Waals surface area contributed by atoms with E-state index in [0.717, 1.165) is 31.2 Å². The Morgan fingerprint density at radius 2 is 1.91 bits per heavy atom. The molecule has 1 amide bonds. The van der Waals surface area contributed by atoms with Crippen molar-refractivity contribution >= 4 is 16.9 Å². The number of carbonyl (C=O) groups is 1. The van der Waals surface area contributed by atoms with Gasteiger partial charge in [0.2, 0.25) is 5.76 Å². The summed E-state index contributed by atoms with van der Waals surface area (Å²) in [6.07, 6.45) is 5.63. The van der Waals surface area contributed by atoms with Crippen LogP contribution < -0.4 is 5.43 Å². The van der Waals surface area contributed by atoms with E-state index in [0.29, 0.717) is 23.1 Å². The summed E-state index contributed by atoms with van der Waals surface area (Å²) in [5.41, 5.74) is 2.02. The summed E-state index contributed by atoms with van der Waals surface area (Å²) in [5, 5.41) is 0.581. The molecule has 1 aliphatic heterocycles. The summed E-state index contributed by atoms with van der Waals surface area (Å²) in [5.74, 6) is 0.147. The van der Waals surface area contributed by atoms with Crippen LogP contribution in [0.1, 0.15) is 53.8 Å². The normalized spacial score (nSPS) is 19.0. The molecule has 2 aromatic rings. The molecular formula is C18H19NO3. The molecule has 1 saturated carbocycles. The zero-order valence-corrected chi connectivity index (χ0v) is 12.7. The lowest BCUT2D eigenvalue weighted by molar-refractivity contribution is 0.0638. The third-order valence-electron chi connectivity index (χ3n) is 4.94. The highest BCUT2D eigenvalue weighted by atomic mass is 16.3. The van der Waals surface area contributed by atoms with Gasteiger partial charge in [0.05, 0.1) is 17.5 Å². The number of aryl methyl sites for hydroxylation is 1. The molecule has 114 valence electrons. The number of hydrogen-bond acceptors (Lipinski definition) is 3. The van der Waals surface area contributed by atoms with Crippen molar-refractivity contribution in [3.8, 4) is 0 Å². The highest BCUT2D eigenvalue weighted by Crippen LogP contribution is 2.31. The Hall–Kier alpha value is -2.10. The standard InChI is InChI=1S/C18H19NO3/c1-11-7-8-15-13(9-11)16(20)14-10-19(18(21)17(14)22-15)12-5-3-2-4-6-12/h7-9,12H,2-6,10H2,1H3. The first-order valence-corrected chi connectivity index (χ1v) is 8.02. The first kappa shape index (κ1) is 13.6. The van der Waals surface area contributed by atoms with E-state index in [-0.39, 0.29) is 23.1 Å². The monoisotopic (exact) mass is 297 g/mol. The van der Waals surface area contributed by atoms with E-state index in [2.05, 4.69) is 0 Å². The summed E-state index contributed by atoms with van der Waals surface area (Å²) < 4.78 is 5.78. The van der Waals surface area contributed by atoms with Gasteiger partial charge in [-0.05, 0) is 31.9 Å². The van der Waals surface area contributed by atoms with Crippen LogP contribution in [-0.2, 0) is 6.54 Å². The summed E-state index contributed by atoms with van der Waals surface area (Å²) in [4.78, 5) is 27.2. The Labute approximate surface area is 128 Å². The molecule has 2 heterocycles. The van der Waals surface area contributed by atoms with Gasteiger partial charge in [0, 0.05) is 6.04 Å². The zero-order chi connectivity index (χ0) is 15.3. The third kappa shape index (κ3) is 1.97. The van der Waals surface area contributed by atoms with Gasteiger partial charge >= 0.3 is 0 Å². The van der Waals surface area contributed by atoms with Crippen LogP contribution in [0.2, 0.25) is 0 Å². The van der Waals surface area contributed by atoms with Crippen molar-refractivity contribution in [2.75, 3.05) is 0 Å². The third-order valence-corrected chi connectivity index (χ3v) is 4.94. The molecular weight excluding hydrogens is 278 g/mol. The van der Waals surface area contributed by atoms with Crippen molar-refractivity contribution in [2.24, 2.45) is 0 Å². The lowest BCUT2D eigenvalue weighted by atomic mass is 9.94. The summed E-state index contributed by atoms with van der Waals surface area (Å²) >= 11 is 0. The van der Waals surface area contributed by atoms with Crippen LogP contribution >= 0.6 is 0 Å². The van der Waals surface area contributed by atoms with Gasteiger partial charge in [0.15, 0.2) is 5.43 Å². The van der Waals surface area contributed by atoms with Gasteiger partial charge in [-0.3, -0.25) is 9.59 Å². The SMILES string of the molecule is Cc1ccc2oc3c(c(=O)c2c1)CN(C1CCCCC1)C3=O. The van der Waals surface area contributed by atoms with Gasteiger partial charge in [-0.25, -0.2) is 0 Å². The van der Waals surface area contributed by atoms with E-state index in [1.807, 2.05) is 24.0 Å². The topological polar surface area (TPSA) is 50.5 Å². The van der Waals surface area contributed by atoms with Crippen LogP contribution in [0, 0.1) is 6.92 Å². The van der Waals surface area contributed by atoms with Gasteiger partial charge in [0.1, 0.15) is 5.58 Å². The Morgan fingerprint density at radius 3 is 2.68 bits per heavy atom. The molecule has 0 bridgehead atoms. The molecule has 4 nitrogen and oxygen atoms in total. The minimum Gasteiger partial charge on any atom is -0.450 e. The second-order valence-electron chi connectivity index (χ2n) is 6.46. The molecule has 1 aromatic carbocycles. The quantitative estimate of drug-likeness (QED) is 0.810. The Bertz CT molecular complexity index is 815. The molecule has 0 radical (unpaired) electrons. The number of amides is 1. The van der Waals surface area contributed by atoms with Gasteiger partial charge in [-0.2, -0.15) is 0 Å². The fourth-order valence-corrected chi connectivity index (χ4v) is 3.72. The van der Waals surface area contributed by atoms with Crippen molar-refractivity contribution in [1.29, 1.82) is 0 Å². The molecule has 0 saturated heterocycles. The van der Waals surface area contributed by atoms with E-state index in [1.165, 1.54) is 6.42 Å². The van der Waals surface area contributed by atoms with Crippen LogP contribution in [0.3, 0.4) is 0 Å². The molecule has 0 atom stereocenters. The molecule has 2 aliphatic rings. The molecule has 1 aliphatic carbocycles.